The van der Waals surface area contributed by atoms with Crippen molar-refractivity contribution >= 4 is 11.7 Å². The Morgan fingerprint density at radius 2 is 1.89 bits per heavy atom. The Balaban J connectivity index is 1.59. The van der Waals surface area contributed by atoms with Crippen molar-refractivity contribution in [3.8, 4) is 11.6 Å². The molecular formula is C19H23FN4O3. The number of carbonyl (C=O) groups excluding carboxylic acids is 1. The van der Waals surface area contributed by atoms with E-state index in [4.69, 9.17) is 9.47 Å². The maximum atomic E-state index is 13.7. The number of amides is 1. The highest BCUT2D eigenvalue weighted by molar-refractivity contribution is 5.81. The summed E-state index contributed by atoms with van der Waals surface area (Å²) in [5.41, 5.74) is 0. The summed E-state index contributed by atoms with van der Waals surface area (Å²) in [4.78, 5) is 25.1. The number of aryl methyl sites for hydroxylation is 1. The number of aromatic nitrogens is 2. The minimum atomic E-state index is -0.755. The van der Waals surface area contributed by atoms with Gasteiger partial charge in [0.2, 0.25) is 5.88 Å². The molecule has 8 heteroatoms. The van der Waals surface area contributed by atoms with Gasteiger partial charge < -0.3 is 19.3 Å². The zero-order valence-electron chi connectivity index (χ0n) is 15.7. The number of hydrogen-bond donors (Lipinski definition) is 0. The zero-order valence-corrected chi connectivity index (χ0v) is 15.7. The molecule has 0 aliphatic carbocycles. The first-order valence-corrected chi connectivity index (χ1v) is 8.82. The lowest BCUT2D eigenvalue weighted by Gasteiger charge is -2.36. The van der Waals surface area contributed by atoms with Gasteiger partial charge in [0, 0.05) is 32.2 Å². The third-order valence-electron chi connectivity index (χ3n) is 4.41. The fourth-order valence-electron chi connectivity index (χ4n) is 2.99. The summed E-state index contributed by atoms with van der Waals surface area (Å²) >= 11 is 0. The topological polar surface area (TPSA) is 67.8 Å². The average molecular weight is 374 g/mol. The highest BCUT2D eigenvalue weighted by atomic mass is 19.1. The highest BCUT2D eigenvalue weighted by Crippen LogP contribution is 2.20. The van der Waals surface area contributed by atoms with Gasteiger partial charge in [0.05, 0.1) is 7.11 Å². The minimum Gasteiger partial charge on any atom is -0.481 e. The van der Waals surface area contributed by atoms with Crippen molar-refractivity contribution in [2.45, 2.75) is 20.0 Å². The molecule has 27 heavy (non-hydrogen) atoms. The van der Waals surface area contributed by atoms with E-state index >= 15 is 0 Å². The third kappa shape index (κ3) is 4.45. The maximum absolute atomic E-state index is 13.7. The summed E-state index contributed by atoms with van der Waals surface area (Å²) in [7, 11) is 1.57. The predicted molar refractivity (Wildman–Crippen MR) is 98.6 cm³/mol. The fourth-order valence-corrected chi connectivity index (χ4v) is 2.99. The van der Waals surface area contributed by atoms with Crippen molar-refractivity contribution in [1.29, 1.82) is 0 Å². The predicted octanol–water partition coefficient (Wildman–Crippen LogP) is 2.05. The van der Waals surface area contributed by atoms with Crippen molar-refractivity contribution in [3.05, 3.63) is 42.0 Å². The lowest BCUT2D eigenvalue weighted by molar-refractivity contribution is -0.138. The van der Waals surface area contributed by atoms with Crippen LogP contribution >= 0.6 is 0 Å². The van der Waals surface area contributed by atoms with E-state index < -0.39 is 11.9 Å². The number of carbonyl (C=O) groups is 1. The second kappa shape index (κ2) is 8.20. The van der Waals surface area contributed by atoms with Gasteiger partial charge in [-0.15, -0.1) is 0 Å². The fraction of sp³-hybridized carbons (Fsp3) is 0.421. The van der Waals surface area contributed by atoms with Gasteiger partial charge in [-0.25, -0.2) is 9.37 Å². The Kier molecular flexibility index (Phi) is 5.73. The van der Waals surface area contributed by atoms with Crippen LogP contribution in [0.4, 0.5) is 10.2 Å². The summed E-state index contributed by atoms with van der Waals surface area (Å²) in [5.74, 6) is 1.38. The van der Waals surface area contributed by atoms with Crippen molar-refractivity contribution < 1.29 is 18.7 Å². The van der Waals surface area contributed by atoms with Gasteiger partial charge in [0.15, 0.2) is 17.7 Å². The molecule has 0 bridgehead atoms. The number of methoxy groups -OCH3 is 1. The molecule has 1 saturated heterocycles. The molecule has 1 aromatic carbocycles. The van der Waals surface area contributed by atoms with Crippen LogP contribution in [-0.4, -0.2) is 60.2 Å². The van der Waals surface area contributed by atoms with E-state index in [0.717, 1.165) is 5.82 Å². The van der Waals surface area contributed by atoms with Crippen molar-refractivity contribution in [2.24, 2.45) is 0 Å². The first kappa shape index (κ1) is 18.9. The Labute approximate surface area is 157 Å². The third-order valence-corrected chi connectivity index (χ3v) is 4.41. The molecule has 3 rings (SSSR count). The molecule has 1 atom stereocenters. The molecule has 2 heterocycles. The lowest BCUT2D eigenvalue weighted by Crippen LogP contribution is -2.52. The molecule has 0 N–H and O–H groups in total. The number of nitrogens with zero attached hydrogens (tertiary/aromatic N) is 4. The second-order valence-corrected chi connectivity index (χ2v) is 6.32. The molecule has 1 amide bonds. The van der Waals surface area contributed by atoms with Gasteiger partial charge in [-0.05, 0) is 26.0 Å². The zero-order chi connectivity index (χ0) is 19.4. The van der Waals surface area contributed by atoms with Gasteiger partial charge in [-0.2, -0.15) is 4.98 Å². The number of para-hydroxylation sites is 1. The molecule has 7 nitrogen and oxygen atoms in total. The van der Waals surface area contributed by atoms with Gasteiger partial charge in [0.1, 0.15) is 11.6 Å². The van der Waals surface area contributed by atoms with Gasteiger partial charge in [-0.3, -0.25) is 4.79 Å². The van der Waals surface area contributed by atoms with Crippen LogP contribution in [0.5, 0.6) is 11.6 Å². The summed E-state index contributed by atoms with van der Waals surface area (Å²) < 4.78 is 24.4. The number of piperazine rings is 1. The molecule has 1 fully saturated rings. The number of anilines is 1. The van der Waals surface area contributed by atoms with Gasteiger partial charge in [0.25, 0.3) is 5.91 Å². The van der Waals surface area contributed by atoms with Crippen LogP contribution in [0.3, 0.4) is 0 Å². The normalized spacial score (nSPS) is 15.4. The largest absolute Gasteiger partial charge is 0.481 e. The standard InChI is InChI=1S/C19H23FN4O3/c1-13(27-16-7-5-4-6-15(16)20)19(25)24-10-8-23(9-11-24)17-12-18(26-3)22-14(2)21-17/h4-7,12-13H,8-11H2,1-3H3. The van der Waals surface area contributed by atoms with Crippen molar-refractivity contribution in [2.75, 3.05) is 38.2 Å². The van der Waals surface area contributed by atoms with Crippen LogP contribution < -0.4 is 14.4 Å². The highest BCUT2D eigenvalue weighted by Gasteiger charge is 2.27. The minimum absolute atomic E-state index is 0.0838. The van der Waals surface area contributed by atoms with Crippen LogP contribution in [0.2, 0.25) is 0 Å². The average Bonchev–Trinajstić information content (AvgIpc) is 2.68. The Morgan fingerprint density at radius 1 is 1.19 bits per heavy atom. The molecule has 0 saturated carbocycles. The number of benzene rings is 1. The quantitative estimate of drug-likeness (QED) is 0.798. The maximum Gasteiger partial charge on any atom is 0.263 e. The van der Waals surface area contributed by atoms with Crippen LogP contribution in [-0.2, 0) is 4.79 Å². The number of ether oxygens (including phenoxy) is 2. The first-order chi connectivity index (χ1) is 13.0. The molecule has 1 aliphatic rings. The molecule has 144 valence electrons. The first-order valence-electron chi connectivity index (χ1n) is 8.82. The van der Waals surface area contributed by atoms with E-state index in [0.29, 0.717) is 37.9 Å². The van der Waals surface area contributed by atoms with Gasteiger partial charge >= 0.3 is 0 Å². The Morgan fingerprint density at radius 3 is 2.56 bits per heavy atom. The molecule has 0 spiro atoms. The summed E-state index contributed by atoms with van der Waals surface area (Å²) in [6.45, 7) is 5.80. The number of rotatable bonds is 5. The molecule has 1 aliphatic heterocycles. The molecule has 0 radical (unpaired) electrons. The van der Waals surface area contributed by atoms with Crippen LogP contribution in [0.25, 0.3) is 0 Å². The van der Waals surface area contributed by atoms with Crippen LogP contribution in [0, 0.1) is 12.7 Å². The van der Waals surface area contributed by atoms with Crippen molar-refractivity contribution in [1.82, 2.24) is 14.9 Å². The Hall–Kier alpha value is -2.90. The Bertz CT molecular complexity index is 809. The number of hydrogen-bond acceptors (Lipinski definition) is 6. The summed E-state index contributed by atoms with van der Waals surface area (Å²) in [6.07, 6.45) is -0.755. The van der Waals surface area contributed by atoms with E-state index in [1.165, 1.54) is 12.1 Å². The van der Waals surface area contributed by atoms with Gasteiger partial charge in [-0.1, -0.05) is 12.1 Å². The van der Waals surface area contributed by atoms with E-state index in [-0.39, 0.29) is 11.7 Å². The second-order valence-electron chi connectivity index (χ2n) is 6.32. The van der Waals surface area contributed by atoms with E-state index in [1.54, 1.807) is 37.1 Å². The monoisotopic (exact) mass is 374 g/mol. The van der Waals surface area contributed by atoms with Crippen molar-refractivity contribution in [3.63, 3.8) is 0 Å². The van der Waals surface area contributed by atoms with Crippen LogP contribution in [0.1, 0.15) is 12.7 Å². The molecule has 1 aromatic heterocycles. The smallest absolute Gasteiger partial charge is 0.263 e. The van der Waals surface area contributed by atoms with E-state index in [2.05, 4.69) is 14.9 Å². The van der Waals surface area contributed by atoms with E-state index in [9.17, 15) is 9.18 Å². The SMILES string of the molecule is COc1cc(N2CCN(C(=O)C(C)Oc3ccccc3F)CC2)nc(C)n1. The molecular weight excluding hydrogens is 351 g/mol. The molecule has 2 aromatic rings. The van der Waals surface area contributed by atoms with E-state index in [1.807, 2.05) is 6.92 Å². The lowest BCUT2D eigenvalue weighted by atomic mass is 10.2. The summed E-state index contributed by atoms with van der Waals surface area (Å²) in [6, 6.07) is 7.86. The summed E-state index contributed by atoms with van der Waals surface area (Å²) in [5, 5.41) is 0. The number of halogens is 1. The molecule has 1 unspecified atom stereocenters. The van der Waals surface area contributed by atoms with Crippen LogP contribution in [0.15, 0.2) is 30.3 Å².